The molecule has 0 N–H and O–H groups in total. The molecule has 0 aromatic heterocycles. The van der Waals surface area contributed by atoms with E-state index < -0.39 is 5.41 Å². The van der Waals surface area contributed by atoms with Crippen molar-refractivity contribution in [3.63, 3.8) is 0 Å². The van der Waals surface area contributed by atoms with Crippen LogP contribution in [0.15, 0.2) is 35.9 Å². The van der Waals surface area contributed by atoms with Crippen LogP contribution in [0, 0.1) is 24.2 Å². The van der Waals surface area contributed by atoms with Gasteiger partial charge in [-0.3, -0.25) is 9.59 Å². The van der Waals surface area contributed by atoms with E-state index in [0.717, 1.165) is 6.42 Å². The number of aryl methyl sites for hydroxylation is 1. The normalized spacial score (nSPS) is 29.5. The lowest BCUT2D eigenvalue weighted by Gasteiger charge is -2.39. The third-order valence-electron chi connectivity index (χ3n) is 6.30. The van der Waals surface area contributed by atoms with Gasteiger partial charge in [-0.15, -0.1) is 0 Å². The molecule has 0 heterocycles. The van der Waals surface area contributed by atoms with Gasteiger partial charge in [-0.25, -0.2) is 0 Å². The molecule has 3 aliphatic carbocycles. The molecule has 1 saturated carbocycles. The van der Waals surface area contributed by atoms with Crippen molar-refractivity contribution >= 4 is 17.6 Å². The largest absolute Gasteiger partial charge is 0.299 e. The zero-order valence-electron chi connectivity index (χ0n) is 13.9. The minimum atomic E-state index is -0.809. The van der Waals surface area contributed by atoms with Gasteiger partial charge in [-0.05, 0) is 56.6 Å². The SMILES string of the molecule is CC(=O)C1(C(C)=O)CC2=Cc3ccc(C)cc3[C@@H]3C=CC[C@H]1[C@H]23. The fourth-order valence-corrected chi connectivity index (χ4v) is 5.23. The molecule has 0 amide bonds. The zero-order chi connectivity index (χ0) is 16.4. The highest BCUT2D eigenvalue weighted by atomic mass is 16.2. The summed E-state index contributed by atoms with van der Waals surface area (Å²) < 4.78 is 0. The Kier molecular flexibility index (Phi) is 3.03. The predicted molar refractivity (Wildman–Crippen MR) is 91.0 cm³/mol. The van der Waals surface area contributed by atoms with Gasteiger partial charge >= 0.3 is 0 Å². The molecule has 3 atom stereocenters. The van der Waals surface area contributed by atoms with Crippen LogP contribution in [0.3, 0.4) is 0 Å². The highest BCUT2D eigenvalue weighted by molar-refractivity contribution is 6.06. The minimum absolute atomic E-state index is 0.0413. The van der Waals surface area contributed by atoms with E-state index in [1.54, 1.807) is 13.8 Å². The minimum Gasteiger partial charge on any atom is -0.299 e. The van der Waals surface area contributed by atoms with E-state index >= 15 is 0 Å². The fourth-order valence-electron chi connectivity index (χ4n) is 5.23. The lowest BCUT2D eigenvalue weighted by atomic mass is 9.63. The molecule has 2 nitrogen and oxygen atoms in total. The van der Waals surface area contributed by atoms with Crippen LogP contribution in [0.2, 0.25) is 0 Å². The van der Waals surface area contributed by atoms with Gasteiger partial charge in [0.15, 0.2) is 0 Å². The summed E-state index contributed by atoms with van der Waals surface area (Å²) in [5, 5.41) is 0. The van der Waals surface area contributed by atoms with E-state index in [2.05, 4.69) is 43.4 Å². The first-order valence-corrected chi connectivity index (χ1v) is 8.45. The maximum absolute atomic E-state index is 12.5. The number of allylic oxidation sites excluding steroid dienone is 3. The Morgan fingerprint density at radius 3 is 2.61 bits per heavy atom. The van der Waals surface area contributed by atoms with Gasteiger partial charge in [0.25, 0.3) is 0 Å². The summed E-state index contributed by atoms with van der Waals surface area (Å²) in [4.78, 5) is 25.0. The molecule has 2 heteroatoms. The van der Waals surface area contributed by atoms with Gasteiger partial charge in [0.05, 0.1) is 5.41 Å². The lowest BCUT2D eigenvalue weighted by Crippen LogP contribution is -2.42. The van der Waals surface area contributed by atoms with E-state index in [4.69, 9.17) is 0 Å². The molecule has 0 spiro atoms. The molecular formula is C21H22O2. The third-order valence-corrected chi connectivity index (χ3v) is 6.30. The third kappa shape index (κ3) is 1.81. The quantitative estimate of drug-likeness (QED) is 0.605. The van der Waals surface area contributed by atoms with Crippen molar-refractivity contribution in [3.05, 3.63) is 52.6 Å². The molecule has 0 unspecified atom stereocenters. The summed E-state index contributed by atoms with van der Waals surface area (Å²) in [6.07, 6.45) is 8.17. The summed E-state index contributed by atoms with van der Waals surface area (Å²) in [6.45, 7) is 5.32. The van der Waals surface area contributed by atoms with Gasteiger partial charge in [0.1, 0.15) is 11.6 Å². The maximum atomic E-state index is 12.5. The van der Waals surface area contributed by atoms with E-state index in [0.29, 0.717) is 18.3 Å². The predicted octanol–water partition coefficient (Wildman–Crippen LogP) is 4.24. The molecule has 4 rings (SSSR count). The van der Waals surface area contributed by atoms with Crippen LogP contribution in [0.5, 0.6) is 0 Å². The Morgan fingerprint density at radius 2 is 1.91 bits per heavy atom. The second-order valence-corrected chi connectivity index (χ2v) is 7.43. The first kappa shape index (κ1) is 14.6. The van der Waals surface area contributed by atoms with Crippen molar-refractivity contribution < 1.29 is 9.59 Å². The van der Waals surface area contributed by atoms with Gasteiger partial charge in [0, 0.05) is 5.92 Å². The molecule has 0 bridgehead atoms. The first-order valence-electron chi connectivity index (χ1n) is 8.45. The molecule has 1 aromatic rings. The molecule has 118 valence electrons. The number of carbonyl (C=O) groups excluding carboxylic acids is 2. The van der Waals surface area contributed by atoms with Crippen LogP contribution in [0.25, 0.3) is 6.08 Å². The van der Waals surface area contributed by atoms with Gasteiger partial charge in [-0.1, -0.05) is 47.6 Å². The number of hydrogen-bond donors (Lipinski definition) is 0. The van der Waals surface area contributed by atoms with Crippen molar-refractivity contribution in [2.24, 2.45) is 17.3 Å². The smallest absolute Gasteiger partial charge is 0.143 e. The van der Waals surface area contributed by atoms with Crippen LogP contribution in [-0.4, -0.2) is 11.6 Å². The van der Waals surface area contributed by atoms with E-state index in [-0.39, 0.29) is 17.5 Å². The van der Waals surface area contributed by atoms with Crippen molar-refractivity contribution in [2.75, 3.05) is 0 Å². The molecule has 3 aliphatic rings. The highest BCUT2D eigenvalue weighted by Crippen LogP contribution is 2.61. The number of hydrogen-bond acceptors (Lipinski definition) is 2. The average molecular weight is 306 g/mol. The molecule has 0 radical (unpaired) electrons. The number of fused-ring (bicyclic) bond motifs is 2. The maximum Gasteiger partial charge on any atom is 0.143 e. The van der Waals surface area contributed by atoms with Crippen molar-refractivity contribution in [1.29, 1.82) is 0 Å². The molecule has 23 heavy (non-hydrogen) atoms. The molecule has 1 fully saturated rings. The average Bonchev–Trinajstić information content (AvgIpc) is 2.85. The monoisotopic (exact) mass is 306 g/mol. The number of Topliss-reactive ketones (excluding diaryl/α,β-unsaturated/α-hetero) is 2. The summed E-state index contributed by atoms with van der Waals surface area (Å²) in [7, 11) is 0. The zero-order valence-corrected chi connectivity index (χ0v) is 13.9. The number of benzene rings is 1. The van der Waals surface area contributed by atoms with E-state index in [1.807, 2.05) is 0 Å². The van der Waals surface area contributed by atoms with Crippen LogP contribution in [0.4, 0.5) is 0 Å². The van der Waals surface area contributed by atoms with Crippen LogP contribution >= 0.6 is 0 Å². The van der Waals surface area contributed by atoms with Gasteiger partial charge in [-0.2, -0.15) is 0 Å². The lowest BCUT2D eigenvalue weighted by molar-refractivity contribution is -0.141. The van der Waals surface area contributed by atoms with Crippen molar-refractivity contribution in [2.45, 2.75) is 39.5 Å². The highest BCUT2D eigenvalue weighted by Gasteiger charge is 2.59. The summed E-state index contributed by atoms with van der Waals surface area (Å²) in [6, 6.07) is 6.58. The van der Waals surface area contributed by atoms with E-state index in [9.17, 15) is 9.59 Å². The van der Waals surface area contributed by atoms with Crippen LogP contribution in [-0.2, 0) is 9.59 Å². The summed E-state index contributed by atoms with van der Waals surface area (Å²) >= 11 is 0. The second kappa shape index (κ2) is 4.77. The molecule has 0 saturated heterocycles. The van der Waals surface area contributed by atoms with E-state index in [1.165, 1.54) is 22.3 Å². The number of rotatable bonds is 2. The Hall–Kier alpha value is -1.96. The summed E-state index contributed by atoms with van der Waals surface area (Å²) in [5.41, 5.74) is 4.35. The number of carbonyl (C=O) groups is 2. The number of ketones is 2. The van der Waals surface area contributed by atoms with Gasteiger partial charge in [0.2, 0.25) is 0 Å². The van der Waals surface area contributed by atoms with Crippen molar-refractivity contribution in [3.8, 4) is 0 Å². The Labute approximate surface area is 137 Å². The topological polar surface area (TPSA) is 34.1 Å². The van der Waals surface area contributed by atoms with Crippen LogP contribution in [0.1, 0.15) is 49.3 Å². The molecular weight excluding hydrogens is 284 g/mol. The first-order chi connectivity index (χ1) is 10.9. The second-order valence-electron chi connectivity index (χ2n) is 7.43. The Balaban J connectivity index is 1.93. The Bertz CT molecular complexity index is 767. The van der Waals surface area contributed by atoms with Gasteiger partial charge < -0.3 is 0 Å². The standard InChI is InChI=1S/C21H22O2/c1-12-7-8-15-10-16-11-21(13(2)22,14(3)23)19-6-4-5-17(20(16)19)18(15)9-12/h4-5,7-10,17,19-20H,6,11H2,1-3H3/t17-,19-,20+/m0/s1. The summed E-state index contributed by atoms with van der Waals surface area (Å²) in [5.74, 6) is 0.818. The fraction of sp³-hybridized carbons (Fsp3) is 0.429. The Morgan fingerprint density at radius 1 is 1.17 bits per heavy atom. The molecule has 0 aliphatic heterocycles. The van der Waals surface area contributed by atoms with Crippen molar-refractivity contribution in [1.82, 2.24) is 0 Å². The molecule has 1 aromatic carbocycles. The van der Waals surface area contributed by atoms with Crippen LogP contribution < -0.4 is 0 Å².